The van der Waals surface area contributed by atoms with Gasteiger partial charge in [-0.3, -0.25) is 9.20 Å². The molecule has 0 aliphatic heterocycles. The number of para-hydroxylation sites is 1. The van der Waals surface area contributed by atoms with E-state index in [1.165, 1.54) is 0 Å². The van der Waals surface area contributed by atoms with Gasteiger partial charge in [0.1, 0.15) is 5.75 Å². The van der Waals surface area contributed by atoms with Crippen molar-refractivity contribution in [3.63, 3.8) is 0 Å². The van der Waals surface area contributed by atoms with E-state index in [1.54, 1.807) is 7.05 Å². The van der Waals surface area contributed by atoms with Gasteiger partial charge in [0, 0.05) is 41.4 Å². The summed E-state index contributed by atoms with van der Waals surface area (Å²) in [7, 11) is 1.10. The van der Waals surface area contributed by atoms with E-state index >= 15 is 0 Å². The smallest absolute Gasteiger partial charge is 0.191 e. The average Bonchev–Trinajstić information content (AvgIpc) is 2.67. The van der Waals surface area contributed by atoms with Gasteiger partial charge in [-0.1, -0.05) is 31.5 Å². The minimum Gasteiger partial charge on any atom is -0.494 e. The number of guanidine groups is 1. The number of aliphatic imine (C=N–C) groups is 1. The molecule has 0 heterocycles. The van der Waals surface area contributed by atoms with Crippen LogP contribution in [-0.2, 0) is 10.8 Å². The van der Waals surface area contributed by atoms with Crippen LogP contribution >= 0.6 is 24.0 Å². The lowest BCUT2D eigenvalue weighted by Gasteiger charge is -2.30. The number of rotatable bonds is 8. The Morgan fingerprint density at radius 1 is 1.31 bits per heavy atom. The van der Waals surface area contributed by atoms with E-state index in [4.69, 9.17) is 4.74 Å². The number of hydrogen-bond acceptors (Lipinski definition) is 3. The zero-order valence-corrected chi connectivity index (χ0v) is 18.9. The monoisotopic (exact) mass is 493 g/mol. The van der Waals surface area contributed by atoms with Crippen LogP contribution in [0.1, 0.15) is 39.0 Å². The second kappa shape index (κ2) is 13.4. The Bertz CT molecular complexity index is 557. The molecule has 2 N–H and O–H groups in total. The molecule has 1 aliphatic carbocycles. The van der Waals surface area contributed by atoms with E-state index < -0.39 is 10.8 Å². The Kier molecular flexibility index (Phi) is 11.9. The molecule has 3 atom stereocenters. The fourth-order valence-corrected chi connectivity index (χ4v) is 4.47. The van der Waals surface area contributed by atoms with E-state index in [2.05, 4.69) is 15.6 Å². The summed E-state index contributed by atoms with van der Waals surface area (Å²) < 4.78 is 17.7. The van der Waals surface area contributed by atoms with Crippen LogP contribution in [0.3, 0.4) is 0 Å². The Balaban J connectivity index is 0.00000338. The van der Waals surface area contributed by atoms with Gasteiger partial charge in [0.15, 0.2) is 5.96 Å². The Labute approximate surface area is 177 Å². The summed E-state index contributed by atoms with van der Waals surface area (Å²) in [6, 6.07) is 10.2. The molecule has 0 amide bonds. The first-order valence-corrected chi connectivity index (χ1v) is 10.6. The number of nitrogens with one attached hydrogen (secondary N) is 2. The molecule has 0 bridgehead atoms. The lowest BCUT2D eigenvalue weighted by Crippen LogP contribution is -2.47. The van der Waals surface area contributed by atoms with Crippen LogP contribution in [0.5, 0.6) is 5.75 Å². The lowest BCUT2D eigenvalue weighted by molar-refractivity contribution is 0.311. The first-order chi connectivity index (χ1) is 12.2. The van der Waals surface area contributed by atoms with Crippen LogP contribution in [0, 0.1) is 0 Å². The first-order valence-electron chi connectivity index (χ1n) is 9.25. The topological polar surface area (TPSA) is 62.7 Å². The van der Waals surface area contributed by atoms with E-state index in [0.29, 0.717) is 17.9 Å². The van der Waals surface area contributed by atoms with Crippen LogP contribution in [0.2, 0.25) is 0 Å². The van der Waals surface area contributed by atoms with Crippen LogP contribution in [0.25, 0.3) is 0 Å². The Morgan fingerprint density at radius 2 is 2.08 bits per heavy atom. The fourth-order valence-electron chi connectivity index (χ4n) is 3.12. The molecule has 0 aromatic heterocycles. The summed E-state index contributed by atoms with van der Waals surface area (Å²) in [5.74, 6) is 2.49. The third kappa shape index (κ3) is 8.24. The number of benzene rings is 1. The van der Waals surface area contributed by atoms with Gasteiger partial charge in [-0.25, -0.2) is 0 Å². The third-order valence-corrected chi connectivity index (χ3v) is 6.21. The molecule has 1 aliphatic rings. The summed E-state index contributed by atoms with van der Waals surface area (Å²) in [6.07, 6.45) is 5.22. The van der Waals surface area contributed by atoms with Gasteiger partial charge < -0.3 is 15.4 Å². The Morgan fingerprint density at radius 3 is 2.77 bits per heavy atom. The predicted molar refractivity (Wildman–Crippen MR) is 121 cm³/mol. The second-order valence-electron chi connectivity index (χ2n) is 6.31. The number of hydrogen-bond donors (Lipinski definition) is 2. The molecule has 1 fully saturated rings. The summed E-state index contributed by atoms with van der Waals surface area (Å²) in [6.45, 7) is 3.49. The van der Waals surface area contributed by atoms with Crippen molar-refractivity contribution in [1.82, 2.24) is 10.6 Å². The summed E-state index contributed by atoms with van der Waals surface area (Å²) in [5.41, 5.74) is 0. The van der Waals surface area contributed by atoms with Gasteiger partial charge in [-0.15, -0.1) is 24.0 Å². The zero-order valence-electron chi connectivity index (χ0n) is 15.8. The van der Waals surface area contributed by atoms with Gasteiger partial charge >= 0.3 is 0 Å². The number of ether oxygens (including phenoxy) is 1. The lowest BCUT2D eigenvalue weighted by atomic mass is 9.95. The number of halogens is 1. The maximum absolute atomic E-state index is 12.1. The zero-order chi connectivity index (χ0) is 17.9. The van der Waals surface area contributed by atoms with Crippen molar-refractivity contribution in [2.24, 2.45) is 4.99 Å². The average molecular weight is 493 g/mol. The highest BCUT2D eigenvalue weighted by Gasteiger charge is 2.25. The van der Waals surface area contributed by atoms with Crippen molar-refractivity contribution < 1.29 is 8.95 Å². The molecule has 7 heteroatoms. The van der Waals surface area contributed by atoms with E-state index in [1.807, 2.05) is 37.3 Å². The largest absolute Gasteiger partial charge is 0.494 e. The van der Waals surface area contributed by atoms with Crippen molar-refractivity contribution in [3.05, 3.63) is 30.3 Å². The highest BCUT2D eigenvalue weighted by atomic mass is 127. The van der Waals surface area contributed by atoms with Gasteiger partial charge in [0.2, 0.25) is 0 Å². The molecule has 1 saturated carbocycles. The van der Waals surface area contributed by atoms with Crippen molar-refractivity contribution in [2.75, 3.05) is 26.0 Å². The molecular formula is C19H32IN3O2S. The SMILES string of the molecule is CCS(=O)C1CCCC(NC(=NC)NCCCOc2ccccc2)C1.I. The van der Waals surface area contributed by atoms with Crippen molar-refractivity contribution in [2.45, 2.75) is 50.3 Å². The molecule has 5 nitrogen and oxygen atoms in total. The Hall–Kier alpha value is -0.830. The summed E-state index contributed by atoms with van der Waals surface area (Å²) in [5, 5.41) is 7.16. The van der Waals surface area contributed by atoms with E-state index in [9.17, 15) is 4.21 Å². The van der Waals surface area contributed by atoms with E-state index in [-0.39, 0.29) is 24.0 Å². The molecule has 2 rings (SSSR count). The molecule has 148 valence electrons. The maximum Gasteiger partial charge on any atom is 0.191 e. The quantitative estimate of drug-likeness (QED) is 0.253. The molecule has 0 spiro atoms. The van der Waals surface area contributed by atoms with E-state index in [0.717, 1.165) is 56.1 Å². The van der Waals surface area contributed by atoms with Gasteiger partial charge in [-0.05, 0) is 37.8 Å². The molecule has 1 aromatic carbocycles. The molecular weight excluding hydrogens is 461 g/mol. The molecule has 0 saturated heterocycles. The van der Waals surface area contributed by atoms with Crippen molar-refractivity contribution >= 4 is 40.7 Å². The van der Waals surface area contributed by atoms with Crippen molar-refractivity contribution in [3.8, 4) is 5.75 Å². The molecule has 3 unspecified atom stereocenters. The highest BCUT2D eigenvalue weighted by Crippen LogP contribution is 2.22. The van der Waals surface area contributed by atoms with Gasteiger partial charge in [-0.2, -0.15) is 0 Å². The minimum absolute atomic E-state index is 0. The van der Waals surface area contributed by atoms with Gasteiger partial charge in [0.25, 0.3) is 0 Å². The third-order valence-electron chi connectivity index (χ3n) is 4.47. The van der Waals surface area contributed by atoms with Crippen LogP contribution in [0.4, 0.5) is 0 Å². The summed E-state index contributed by atoms with van der Waals surface area (Å²) in [4.78, 5) is 4.31. The van der Waals surface area contributed by atoms with Crippen LogP contribution < -0.4 is 15.4 Å². The van der Waals surface area contributed by atoms with Gasteiger partial charge in [0.05, 0.1) is 6.61 Å². The van der Waals surface area contributed by atoms with Crippen LogP contribution in [-0.4, -0.2) is 47.4 Å². The summed E-state index contributed by atoms with van der Waals surface area (Å²) >= 11 is 0. The normalized spacial score (nSPS) is 21.4. The molecule has 0 radical (unpaired) electrons. The maximum atomic E-state index is 12.1. The van der Waals surface area contributed by atoms with Crippen molar-refractivity contribution in [1.29, 1.82) is 0 Å². The van der Waals surface area contributed by atoms with Crippen LogP contribution in [0.15, 0.2) is 35.3 Å². The molecule has 26 heavy (non-hydrogen) atoms. The first kappa shape index (κ1) is 23.2. The highest BCUT2D eigenvalue weighted by molar-refractivity contribution is 14.0. The number of nitrogens with zero attached hydrogens (tertiary/aromatic N) is 1. The predicted octanol–water partition coefficient (Wildman–Crippen LogP) is 3.32. The second-order valence-corrected chi connectivity index (χ2v) is 8.32. The standard InChI is InChI=1S/C19H31N3O2S.HI/c1-3-25(23)18-12-7-9-16(15-18)22-19(20-2)21-13-8-14-24-17-10-5-4-6-11-17;/h4-6,10-11,16,18H,3,7-9,12-15H2,1-2H3,(H2,20,21,22);1H. The minimum atomic E-state index is -0.694. The molecule has 1 aromatic rings. The fraction of sp³-hybridized carbons (Fsp3) is 0.632.